The minimum absolute atomic E-state index is 0.129. The van der Waals surface area contributed by atoms with Crippen molar-refractivity contribution in [2.45, 2.75) is 57.2 Å². The third-order valence-corrected chi connectivity index (χ3v) is 5.29. The number of aliphatic hydroxyl groups excluding tert-OH is 2. The molecule has 2 fully saturated rings. The van der Waals surface area contributed by atoms with Crippen LogP contribution in [-0.2, 0) is 9.59 Å². The second-order valence-electron chi connectivity index (χ2n) is 7.05. The number of para-hydroxylation sites is 1. The number of amides is 2. The van der Waals surface area contributed by atoms with E-state index in [1.54, 1.807) is 24.3 Å². The fraction of sp³-hybridized carbons (Fsp3) is 0.579. The van der Waals surface area contributed by atoms with Gasteiger partial charge in [0.15, 0.2) is 0 Å². The number of carbonyl (C=O) groups excluding carboxylic acids is 2. The van der Waals surface area contributed by atoms with E-state index in [0.29, 0.717) is 12.1 Å². The van der Waals surface area contributed by atoms with Crippen molar-refractivity contribution in [3.8, 4) is 0 Å². The van der Waals surface area contributed by atoms with Crippen LogP contribution < -0.4 is 4.90 Å². The predicted molar refractivity (Wildman–Crippen MR) is 90.2 cm³/mol. The van der Waals surface area contributed by atoms with Gasteiger partial charge in [0.2, 0.25) is 11.8 Å². The smallest absolute Gasteiger partial charge is 0.234 e. The number of imide groups is 1. The normalized spacial score (nSPS) is 27.3. The first kappa shape index (κ1) is 17.1. The van der Waals surface area contributed by atoms with Gasteiger partial charge in [-0.1, -0.05) is 31.0 Å². The van der Waals surface area contributed by atoms with Crippen molar-refractivity contribution in [2.75, 3.05) is 4.90 Å². The molecule has 1 aliphatic heterocycles. The second-order valence-corrected chi connectivity index (χ2v) is 7.05. The van der Waals surface area contributed by atoms with E-state index in [9.17, 15) is 19.8 Å². The molecule has 0 radical (unpaired) electrons. The lowest BCUT2D eigenvalue weighted by molar-refractivity contribution is -0.131. The Balaban J connectivity index is 1.62. The number of benzene rings is 1. The quantitative estimate of drug-likeness (QED) is 0.830. The summed E-state index contributed by atoms with van der Waals surface area (Å²) < 4.78 is 0. The number of anilines is 1. The largest absolute Gasteiger partial charge is 0.393 e. The van der Waals surface area contributed by atoms with Crippen LogP contribution in [0.1, 0.15) is 44.9 Å². The first-order valence-corrected chi connectivity index (χ1v) is 8.83. The molecule has 2 N–H and O–H groups in total. The Morgan fingerprint density at radius 2 is 1.67 bits per heavy atom. The molecule has 1 aromatic carbocycles. The Morgan fingerprint density at radius 1 is 1.04 bits per heavy atom. The molecular formula is C19H25NO4. The molecule has 1 aromatic rings. The first-order valence-electron chi connectivity index (χ1n) is 8.83. The third-order valence-electron chi connectivity index (χ3n) is 5.29. The zero-order valence-corrected chi connectivity index (χ0v) is 13.8. The van der Waals surface area contributed by atoms with E-state index in [0.717, 1.165) is 25.7 Å². The van der Waals surface area contributed by atoms with Gasteiger partial charge in [-0.15, -0.1) is 0 Å². The molecule has 5 nitrogen and oxygen atoms in total. The maximum Gasteiger partial charge on any atom is 0.234 e. The predicted octanol–water partition coefficient (Wildman–Crippen LogP) is 2.26. The minimum Gasteiger partial charge on any atom is -0.393 e. The van der Waals surface area contributed by atoms with Gasteiger partial charge in [-0.05, 0) is 37.3 Å². The van der Waals surface area contributed by atoms with Gasteiger partial charge in [-0.2, -0.15) is 0 Å². The Bertz CT molecular complexity index is 570. The summed E-state index contributed by atoms with van der Waals surface area (Å²) in [6, 6.07) is 8.95. The second kappa shape index (κ2) is 7.45. The van der Waals surface area contributed by atoms with Crippen molar-refractivity contribution >= 4 is 17.5 Å². The molecule has 0 spiro atoms. The van der Waals surface area contributed by atoms with E-state index in [1.165, 1.54) is 4.90 Å². The van der Waals surface area contributed by atoms with Crippen LogP contribution in [0.25, 0.3) is 0 Å². The molecule has 1 unspecified atom stereocenters. The van der Waals surface area contributed by atoms with Gasteiger partial charge in [0.1, 0.15) is 0 Å². The number of nitrogens with zero attached hydrogens (tertiary/aromatic N) is 1. The molecule has 0 aromatic heterocycles. The van der Waals surface area contributed by atoms with Crippen LogP contribution in [0.3, 0.4) is 0 Å². The van der Waals surface area contributed by atoms with Crippen molar-refractivity contribution in [1.82, 2.24) is 0 Å². The summed E-state index contributed by atoms with van der Waals surface area (Å²) in [6.45, 7) is 0. The number of carbonyl (C=O) groups is 2. The highest BCUT2D eigenvalue weighted by atomic mass is 16.3. The van der Waals surface area contributed by atoms with E-state index in [4.69, 9.17) is 0 Å². The van der Waals surface area contributed by atoms with Crippen molar-refractivity contribution in [3.63, 3.8) is 0 Å². The standard InChI is InChI=1S/C19H25NO4/c21-16-9-5-4-8-15(16)17(22)10-13-11-18(23)20(19(24)12-13)14-6-2-1-3-7-14/h1-3,6-7,13,15-17,21-22H,4-5,8-12H2/t15-,16+,17?/m1/s1. The molecule has 5 heteroatoms. The summed E-state index contributed by atoms with van der Waals surface area (Å²) in [7, 11) is 0. The van der Waals surface area contributed by atoms with Crippen LogP contribution in [0.2, 0.25) is 0 Å². The maximum absolute atomic E-state index is 12.4. The first-order chi connectivity index (χ1) is 11.6. The molecular weight excluding hydrogens is 306 g/mol. The van der Waals surface area contributed by atoms with Crippen molar-refractivity contribution in [2.24, 2.45) is 11.8 Å². The van der Waals surface area contributed by atoms with Crippen LogP contribution >= 0.6 is 0 Å². The van der Waals surface area contributed by atoms with E-state index < -0.39 is 12.2 Å². The highest BCUT2D eigenvalue weighted by Gasteiger charge is 2.37. The lowest BCUT2D eigenvalue weighted by atomic mass is 9.78. The molecule has 130 valence electrons. The van der Waals surface area contributed by atoms with Crippen molar-refractivity contribution in [3.05, 3.63) is 30.3 Å². The highest BCUT2D eigenvalue weighted by Crippen LogP contribution is 2.33. The van der Waals surface area contributed by atoms with E-state index in [-0.39, 0.29) is 36.5 Å². The van der Waals surface area contributed by atoms with Crippen LogP contribution in [-0.4, -0.2) is 34.2 Å². The van der Waals surface area contributed by atoms with Gasteiger partial charge >= 0.3 is 0 Å². The third kappa shape index (κ3) is 3.68. The van der Waals surface area contributed by atoms with Gasteiger partial charge in [0.05, 0.1) is 17.9 Å². The van der Waals surface area contributed by atoms with Gasteiger partial charge in [-0.3, -0.25) is 14.5 Å². The molecule has 2 aliphatic rings. The lowest BCUT2D eigenvalue weighted by Crippen LogP contribution is -2.45. The van der Waals surface area contributed by atoms with Gasteiger partial charge < -0.3 is 10.2 Å². The average Bonchev–Trinajstić information content (AvgIpc) is 2.55. The fourth-order valence-corrected chi connectivity index (χ4v) is 4.02. The molecule has 2 amide bonds. The summed E-state index contributed by atoms with van der Waals surface area (Å²) in [4.78, 5) is 26.1. The molecule has 1 saturated carbocycles. The van der Waals surface area contributed by atoms with Gasteiger partial charge in [0.25, 0.3) is 0 Å². The Morgan fingerprint density at radius 3 is 2.29 bits per heavy atom. The van der Waals surface area contributed by atoms with E-state index in [1.807, 2.05) is 6.07 Å². The maximum atomic E-state index is 12.4. The van der Waals surface area contributed by atoms with Crippen LogP contribution in [0.4, 0.5) is 5.69 Å². The van der Waals surface area contributed by atoms with Crippen LogP contribution in [0, 0.1) is 11.8 Å². The summed E-state index contributed by atoms with van der Waals surface area (Å²) in [5.41, 5.74) is 0.606. The Kier molecular flexibility index (Phi) is 5.31. The topological polar surface area (TPSA) is 77.8 Å². The molecule has 0 bridgehead atoms. The average molecular weight is 331 g/mol. The molecule has 1 aliphatic carbocycles. The van der Waals surface area contributed by atoms with Gasteiger partial charge in [0, 0.05) is 18.8 Å². The molecule has 24 heavy (non-hydrogen) atoms. The number of rotatable bonds is 4. The van der Waals surface area contributed by atoms with Gasteiger partial charge in [-0.25, -0.2) is 0 Å². The molecule has 3 atom stereocenters. The van der Waals surface area contributed by atoms with E-state index >= 15 is 0 Å². The fourth-order valence-electron chi connectivity index (χ4n) is 4.02. The molecule has 1 heterocycles. The summed E-state index contributed by atoms with van der Waals surface area (Å²) in [5, 5.41) is 20.5. The zero-order chi connectivity index (χ0) is 17.1. The van der Waals surface area contributed by atoms with Crippen molar-refractivity contribution in [1.29, 1.82) is 0 Å². The zero-order valence-electron chi connectivity index (χ0n) is 13.8. The summed E-state index contributed by atoms with van der Waals surface area (Å²) >= 11 is 0. The summed E-state index contributed by atoms with van der Waals surface area (Å²) in [5.74, 6) is -0.692. The molecule has 3 rings (SSSR count). The monoisotopic (exact) mass is 331 g/mol. The van der Waals surface area contributed by atoms with Crippen LogP contribution in [0.5, 0.6) is 0 Å². The van der Waals surface area contributed by atoms with Crippen molar-refractivity contribution < 1.29 is 19.8 Å². The minimum atomic E-state index is -0.644. The number of piperidine rings is 1. The number of hydrogen-bond acceptors (Lipinski definition) is 4. The Hall–Kier alpha value is -1.72. The molecule has 1 saturated heterocycles. The lowest BCUT2D eigenvalue weighted by Gasteiger charge is -2.35. The Labute approximate surface area is 142 Å². The summed E-state index contributed by atoms with van der Waals surface area (Å²) in [6.07, 6.45) is 3.38. The number of aliphatic hydroxyl groups is 2. The van der Waals surface area contributed by atoms with E-state index in [2.05, 4.69) is 0 Å². The van der Waals surface area contributed by atoms with Crippen LogP contribution in [0.15, 0.2) is 30.3 Å². The number of hydrogen-bond donors (Lipinski definition) is 2. The SMILES string of the molecule is O=C1CC(CC(O)[C@@H]2CCCC[C@@H]2O)CC(=O)N1c1ccccc1. The highest BCUT2D eigenvalue weighted by molar-refractivity contribution is 6.16.